The maximum Gasteiger partial charge on any atom is 0.237 e. The van der Waals surface area contributed by atoms with Gasteiger partial charge in [-0.15, -0.1) is 12.4 Å². The predicted octanol–water partition coefficient (Wildman–Crippen LogP) is 3.10. The lowest BCUT2D eigenvalue weighted by molar-refractivity contribution is -0.123. The topological polar surface area (TPSA) is 64.4 Å². The van der Waals surface area contributed by atoms with E-state index in [0.29, 0.717) is 12.5 Å². The van der Waals surface area contributed by atoms with Gasteiger partial charge in [-0.25, -0.2) is 0 Å². The minimum atomic E-state index is -0.411. The molecule has 0 saturated carbocycles. The van der Waals surface area contributed by atoms with E-state index < -0.39 is 6.04 Å². The fraction of sp³-hybridized carbons (Fsp3) is 0.588. The first-order valence-corrected chi connectivity index (χ1v) is 7.66. The lowest BCUT2D eigenvalue weighted by Crippen LogP contribution is -2.45. The van der Waals surface area contributed by atoms with Crippen molar-refractivity contribution >= 4 is 18.3 Å². The second-order valence-electron chi connectivity index (χ2n) is 5.67. The third kappa shape index (κ3) is 6.24. The molecule has 1 aromatic carbocycles. The number of benzene rings is 1. The highest BCUT2D eigenvalue weighted by molar-refractivity contribution is 5.85. The maximum absolute atomic E-state index is 11.9. The Kier molecular flexibility index (Phi) is 9.86. The fourth-order valence-electron chi connectivity index (χ4n) is 2.14. The maximum atomic E-state index is 11.9. The van der Waals surface area contributed by atoms with Gasteiger partial charge in [0.05, 0.1) is 13.2 Å². The van der Waals surface area contributed by atoms with Gasteiger partial charge < -0.3 is 15.8 Å². The Morgan fingerprint density at radius 2 is 1.86 bits per heavy atom. The van der Waals surface area contributed by atoms with Crippen LogP contribution in [0.1, 0.15) is 45.1 Å². The number of carbonyl (C=O) groups is 1. The van der Waals surface area contributed by atoms with Crippen molar-refractivity contribution in [1.29, 1.82) is 0 Å². The van der Waals surface area contributed by atoms with Gasteiger partial charge in [-0.3, -0.25) is 4.79 Å². The Bertz CT molecular complexity index is 437. The molecule has 0 saturated heterocycles. The van der Waals surface area contributed by atoms with Gasteiger partial charge in [-0.1, -0.05) is 39.3 Å². The molecule has 0 aromatic heterocycles. The number of hydrogen-bond donors (Lipinski definition) is 2. The average Bonchev–Trinajstić information content (AvgIpc) is 2.53. The molecule has 0 aliphatic heterocycles. The average molecular weight is 329 g/mol. The highest BCUT2D eigenvalue weighted by Gasteiger charge is 2.18. The quantitative estimate of drug-likeness (QED) is 0.770. The van der Waals surface area contributed by atoms with Gasteiger partial charge in [0.1, 0.15) is 5.75 Å². The van der Waals surface area contributed by atoms with Gasteiger partial charge in [0.25, 0.3) is 0 Å². The van der Waals surface area contributed by atoms with Crippen LogP contribution in [0.25, 0.3) is 0 Å². The summed E-state index contributed by atoms with van der Waals surface area (Å²) in [5.74, 6) is 1.41. The Morgan fingerprint density at radius 1 is 1.27 bits per heavy atom. The van der Waals surface area contributed by atoms with Gasteiger partial charge in [-0.2, -0.15) is 0 Å². The molecule has 1 amide bonds. The summed E-state index contributed by atoms with van der Waals surface area (Å²) in [6.07, 6.45) is 1.81. The molecule has 0 spiro atoms. The van der Waals surface area contributed by atoms with Gasteiger partial charge >= 0.3 is 0 Å². The first-order chi connectivity index (χ1) is 9.99. The summed E-state index contributed by atoms with van der Waals surface area (Å²) in [7, 11) is 1.66. The molecule has 1 rings (SSSR count). The molecule has 0 radical (unpaired) electrons. The summed E-state index contributed by atoms with van der Waals surface area (Å²) in [6.45, 7) is 6.85. The van der Waals surface area contributed by atoms with E-state index in [0.717, 1.165) is 18.6 Å². The van der Waals surface area contributed by atoms with E-state index in [9.17, 15) is 4.79 Å². The van der Waals surface area contributed by atoms with Gasteiger partial charge in [-0.05, 0) is 36.0 Å². The summed E-state index contributed by atoms with van der Waals surface area (Å²) in [5, 5.41) is 2.93. The van der Waals surface area contributed by atoms with Crippen LogP contribution in [-0.2, 0) is 4.79 Å². The molecule has 3 N–H and O–H groups in total. The van der Waals surface area contributed by atoms with Crippen LogP contribution in [0.15, 0.2) is 24.3 Å². The number of hydrogen-bond acceptors (Lipinski definition) is 3. The van der Waals surface area contributed by atoms with E-state index in [-0.39, 0.29) is 24.2 Å². The summed E-state index contributed by atoms with van der Waals surface area (Å²) >= 11 is 0. The second-order valence-corrected chi connectivity index (χ2v) is 5.67. The number of nitrogens with one attached hydrogen (secondary N) is 1. The molecule has 3 atom stereocenters. The summed E-state index contributed by atoms with van der Waals surface area (Å²) < 4.78 is 5.15. The number of amides is 1. The van der Waals surface area contributed by atoms with Crippen LogP contribution in [0.3, 0.4) is 0 Å². The highest BCUT2D eigenvalue weighted by atomic mass is 35.5. The van der Waals surface area contributed by atoms with Crippen LogP contribution in [0, 0.1) is 5.92 Å². The summed E-state index contributed by atoms with van der Waals surface area (Å²) in [5.41, 5.74) is 7.15. The monoisotopic (exact) mass is 328 g/mol. The van der Waals surface area contributed by atoms with Crippen LogP contribution in [-0.4, -0.2) is 25.6 Å². The standard InChI is InChI=1S/C17H28N2O2.ClH/c1-5-12(2)16(18)17(20)19-11-10-13(3)14-6-8-15(21-4)9-7-14;/h6-9,12-13,16H,5,10-11,18H2,1-4H3,(H,19,20);1H. The number of rotatable bonds is 8. The minimum absolute atomic E-state index is 0. The molecule has 0 fully saturated rings. The largest absolute Gasteiger partial charge is 0.497 e. The van der Waals surface area contributed by atoms with E-state index in [2.05, 4.69) is 24.4 Å². The lowest BCUT2D eigenvalue weighted by Gasteiger charge is -2.19. The minimum Gasteiger partial charge on any atom is -0.497 e. The molecule has 3 unspecified atom stereocenters. The summed E-state index contributed by atoms with van der Waals surface area (Å²) in [6, 6.07) is 7.64. The van der Waals surface area contributed by atoms with Gasteiger partial charge in [0, 0.05) is 6.54 Å². The van der Waals surface area contributed by atoms with E-state index in [1.807, 2.05) is 26.0 Å². The number of ether oxygens (including phenoxy) is 1. The Hall–Kier alpha value is -1.26. The van der Waals surface area contributed by atoms with Crippen LogP contribution in [0.5, 0.6) is 5.75 Å². The molecular formula is C17H29ClN2O2. The third-order valence-electron chi connectivity index (χ3n) is 4.12. The molecule has 0 aliphatic rings. The van der Waals surface area contributed by atoms with Gasteiger partial charge in [0.15, 0.2) is 0 Å². The van der Waals surface area contributed by atoms with E-state index in [4.69, 9.17) is 10.5 Å². The molecule has 0 aliphatic carbocycles. The molecule has 1 aromatic rings. The first-order valence-electron chi connectivity index (χ1n) is 7.66. The smallest absolute Gasteiger partial charge is 0.237 e. The van der Waals surface area contributed by atoms with Crippen LogP contribution < -0.4 is 15.8 Å². The third-order valence-corrected chi connectivity index (χ3v) is 4.12. The zero-order chi connectivity index (χ0) is 15.8. The van der Waals surface area contributed by atoms with Crippen molar-refractivity contribution in [2.24, 2.45) is 11.7 Å². The van der Waals surface area contributed by atoms with Crippen LogP contribution >= 0.6 is 12.4 Å². The van der Waals surface area contributed by atoms with Crippen LogP contribution in [0.4, 0.5) is 0 Å². The Labute approximate surface area is 140 Å². The molecule has 0 heterocycles. The van der Waals surface area contributed by atoms with Crippen molar-refractivity contribution in [2.45, 2.75) is 45.6 Å². The van der Waals surface area contributed by atoms with Crippen molar-refractivity contribution in [2.75, 3.05) is 13.7 Å². The lowest BCUT2D eigenvalue weighted by atomic mass is 9.97. The summed E-state index contributed by atoms with van der Waals surface area (Å²) in [4.78, 5) is 11.9. The molecule has 5 heteroatoms. The van der Waals surface area contributed by atoms with Crippen molar-refractivity contribution in [1.82, 2.24) is 5.32 Å². The van der Waals surface area contributed by atoms with Crippen molar-refractivity contribution in [3.05, 3.63) is 29.8 Å². The Balaban J connectivity index is 0.00000441. The normalized spacial score (nSPS) is 14.4. The van der Waals surface area contributed by atoms with Crippen LogP contribution in [0.2, 0.25) is 0 Å². The molecular weight excluding hydrogens is 300 g/mol. The number of carbonyl (C=O) groups excluding carboxylic acids is 1. The molecule has 4 nitrogen and oxygen atoms in total. The zero-order valence-electron chi connectivity index (χ0n) is 14.0. The number of methoxy groups -OCH3 is 1. The number of halogens is 1. The predicted molar refractivity (Wildman–Crippen MR) is 93.7 cm³/mol. The highest BCUT2D eigenvalue weighted by Crippen LogP contribution is 2.21. The second kappa shape index (κ2) is 10.5. The fourth-order valence-corrected chi connectivity index (χ4v) is 2.14. The SMILES string of the molecule is CCC(C)C(N)C(=O)NCCC(C)c1ccc(OC)cc1.Cl. The van der Waals surface area contributed by atoms with Gasteiger partial charge in [0.2, 0.25) is 5.91 Å². The van der Waals surface area contributed by atoms with Crippen molar-refractivity contribution in [3.63, 3.8) is 0 Å². The molecule has 22 heavy (non-hydrogen) atoms. The number of nitrogens with two attached hydrogens (primary N) is 1. The molecule has 126 valence electrons. The Morgan fingerprint density at radius 3 is 2.36 bits per heavy atom. The zero-order valence-corrected chi connectivity index (χ0v) is 14.8. The van der Waals surface area contributed by atoms with E-state index in [1.165, 1.54) is 5.56 Å². The van der Waals surface area contributed by atoms with E-state index >= 15 is 0 Å². The first kappa shape index (κ1) is 20.7. The molecule has 0 bridgehead atoms. The van der Waals surface area contributed by atoms with E-state index in [1.54, 1.807) is 7.11 Å². The van der Waals surface area contributed by atoms with Crippen molar-refractivity contribution in [3.8, 4) is 5.75 Å². The van der Waals surface area contributed by atoms with Crippen molar-refractivity contribution < 1.29 is 9.53 Å².